The number of nitrogens with zero attached hydrogens (tertiary/aromatic N) is 2. The average molecular weight is 425 g/mol. The number of hydrogen-bond donors (Lipinski definition) is 0. The van der Waals surface area contributed by atoms with Crippen molar-refractivity contribution in [3.05, 3.63) is 95.6 Å². The number of benzene rings is 3. The largest absolute Gasteiger partial charge is 0.304 e. The van der Waals surface area contributed by atoms with Crippen LogP contribution in [-0.4, -0.2) is 33.0 Å². The molecule has 0 saturated carbocycles. The molecule has 6 nitrogen and oxygen atoms in total. The fourth-order valence-corrected chi connectivity index (χ4v) is 3.92. The number of hydrogen-bond acceptors (Lipinski definition) is 4. The van der Waals surface area contributed by atoms with E-state index in [0.717, 1.165) is 21.3 Å². The maximum atomic E-state index is 13.3. The molecule has 30 heavy (non-hydrogen) atoms. The minimum Gasteiger partial charge on any atom is -0.304 e. The van der Waals surface area contributed by atoms with Crippen molar-refractivity contribution in [2.24, 2.45) is 0 Å². The van der Waals surface area contributed by atoms with Gasteiger partial charge in [-0.25, -0.2) is 8.42 Å². The van der Waals surface area contributed by atoms with Gasteiger partial charge in [0, 0.05) is 18.3 Å². The Morgan fingerprint density at radius 2 is 1.50 bits per heavy atom. The summed E-state index contributed by atoms with van der Waals surface area (Å²) in [5.74, 6) is -0.216. The lowest BCUT2D eigenvalue weighted by Gasteiger charge is -2.23. The van der Waals surface area contributed by atoms with Gasteiger partial charge < -0.3 is 4.90 Å². The molecule has 0 N–H and O–H groups in total. The van der Waals surface area contributed by atoms with Crippen molar-refractivity contribution in [3.63, 3.8) is 0 Å². The van der Waals surface area contributed by atoms with Crippen molar-refractivity contribution in [1.82, 2.24) is 4.47 Å². The summed E-state index contributed by atoms with van der Waals surface area (Å²) >= 11 is 0. The first kappa shape index (κ1) is 21.7. The van der Waals surface area contributed by atoms with Crippen LogP contribution in [0.5, 0.6) is 0 Å². The maximum absolute atomic E-state index is 13.3. The highest BCUT2D eigenvalue weighted by Crippen LogP contribution is 2.22. The Balaban J connectivity index is 1.93. The van der Waals surface area contributed by atoms with Gasteiger partial charge >= 0.3 is 0 Å². The molecule has 0 aliphatic heterocycles. The van der Waals surface area contributed by atoms with Crippen LogP contribution in [-0.2, 0) is 21.4 Å². The molecule has 0 unspecified atom stereocenters. The molecule has 156 valence electrons. The van der Waals surface area contributed by atoms with Crippen LogP contribution < -0.4 is 4.90 Å². The van der Waals surface area contributed by atoms with Crippen molar-refractivity contribution in [1.29, 1.82) is 0 Å². The van der Waals surface area contributed by atoms with Crippen LogP contribution in [0.2, 0.25) is 0 Å². The molecule has 0 saturated heterocycles. The van der Waals surface area contributed by atoms with E-state index in [9.17, 15) is 13.2 Å². The molecule has 0 aliphatic rings. The molecular weight excluding hydrogens is 400 g/mol. The van der Waals surface area contributed by atoms with Crippen molar-refractivity contribution in [2.75, 3.05) is 19.1 Å². The second-order valence-electron chi connectivity index (χ2n) is 6.83. The highest BCUT2D eigenvalue weighted by atomic mass is 32.2. The Morgan fingerprint density at radius 1 is 0.900 bits per heavy atom. The zero-order valence-corrected chi connectivity index (χ0v) is 18.0. The maximum Gasteiger partial charge on any atom is 0.264 e. The first-order chi connectivity index (χ1) is 14.3. The number of carbonyl (C=O) groups excluding carboxylic acids is 1. The van der Waals surface area contributed by atoms with Gasteiger partial charge in [-0.3, -0.25) is 9.63 Å². The number of sulfonamides is 1. The fraction of sp³-hybridized carbons (Fsp3) is 0.174. The molecular formula is C23H24N2O4S. The fourth-order valence-electron chi connectivity index (χ4n) is 2.94. The molecule has 0 heterocycles. The van der Waals surface area contributed by atoms with E-state index >= 15 is 0 Å². The van der Waals surface area contributed by atoms with E-state index in [1.54, 1.807) is 4.90 Å². The number of anilines is 1. The van der Waals surface area contributed by atoms with E-state index in [1.165, 1.54) is 38.4 Å². The SMILES string of the molecule is CON(C)S(=O)(=O)c1ccc(C(=O)N(Cc2ccccc2)c2ccc(C)cc2)cc1. The molecule has 0 fully saturated rings. The molecule has 0 bridgehead atoms. The first-order valence-electron chi connectivity index (χ1n) is 9.38. The Morgan fingerprint density at radius 3 is 2.07 bits per heavy atom. The summed E-state index contributed by atoms with van der Waals surface area (Å²) < 4.78 is 25.5. The number of rotatable bonds is 7. The van der Waals surface area contributed by atoms with Crippen LogP contribution in [0.15, 0.2) is 83.8 Å². The normalized spacial score (nSPS) is 11.5. The smallest absolute Gasteiger partial charge is 0.264 e. The summed E-state index contributed by atoms with van der Waals surface area (Å²) in [4.78, 5) is 19.8. The lowest BCUT2D eigenvalue weighted by atomic mass is 10.1. The highest BCUT2D eigenvalue weighted by Gasteiger charge is 2.23. The van der Waals surface area contributed by atoms with E-state index < -0.39 is 10.0 Å². The number of carbonyl (C=O) groups is 1. The molecule has 3 aromatic carbocycles. The van der Waals surface area contributed by atoms with Crippen molar-refractivity contribution < 1.29 is 18.0 Å². The first-order valence-corrected chi connectivity index (χ1v) is 10.8. The molecule has 0 aromatic heterocycles. The van der Waals surface area contributed by atoms with Gasteiger partial charge in [-0.2, -0.15) is 0 Å². The zero-order valence-electron chi connectivity index (χ0n) is 17.1. The van der Waals surface area contributed by atoms with Crippen molar-refractivity contribution >= 4 is 21.6 Å². The molecule has 1 amide bonds. The van der Waals surface area contributed by atoms with Crippen LogP contribution >= 0.6 is 0 Å². The molecule has 3 aromatic rings. The third-order valence-electron chi connectivity index (χ3n) is 4.77. The predicted octanol–water partition coefficient (Wildman–Crippen LogP) is 4.02. The van der Waals surface area contributed by atoms with Gasteiger partial charge in [-0.05, 0) is 48.9 Å². The van der Waals surface area contributed by atoms with Crippen LogP contribution in [0.3, 0.4) is 0 Å². The second kappa shape index (κ2) is 9.21. The minimum absolute atomic E-state index is 0.0494. The second-order valence-corrected chi connectivity index (χ2v) is 8.77. The molecule has 0 atom stereocenters. The van der Waals surface area contributed by atoms with E-state index in [0.29, 0.717) is 12.1 Å². The predicted molar refractivity (Wildman–Crippen MR) is 117 cm³/mol. The number of amides is 1. The molecule has 0 radical (unpaired) electrons. The van der Waals surface area contributed by atoms with Crippen molar-refractivity contribution in [2.45, 2.75) is 18.4 Å². The summed E-state index contributed by atoms with van der Waals surface area (Å²) in [6.07, 6.45) is 0. The van der Waals surface area contributed by atoms with Gasteiger partial charge in [-0.1, -0.05) is 52.5 Å². The molecule has 0 aliphatic carbocycles. The minimum atomic E-state index is -3.77. The summed E-state index contributed by atoms with van der Waals surface area (Å²) in [5, 5.41) is 0. The van der Waals surface area contributed by atoms with Crippen LogP contribution in [0.4, 0.5) is 5.69 Å². The van der Waals surface area contributed by atoms with Gasteiger partial charge in [0.05, 0.1) is 18.6 Å². The lowest BCUT2D eigenvalue weighted by molar-refractivity contribution is -0.0258. The quantitative estimate of drug-likeness (QED) is 0.537. The van der Waals surface area contributed by atoms with Gasteiger partial charge in [0.1, 0.15) is 0 Å². The van der Waals surface area contributed by atoms with Gasteiger partial charge in [0.25, 0.3) is 15.9 Å². The van der Waals surface area contributed by atoms with Crippen molar-refractivity contribution in [3.8, 4) is 0 Å². The summed E-state index contributed by atoms with van der Waals surface area (Å²) in [5.41, 5.74) is 3.26. The van der Waals surface area contributed by atoms with Crippen LogP contribution in [0.1, 0.15) is 21.5 Å². The third kappa shape index (κ3) is 4.76. The summed E-state index contributed by atoms with van der Waals surface area (Å²) in [7, 11) is -1.18. The van der Waals surface area contributed by atoms with Gasteiger partial charge in [-0.15, -0.1) is 0 Å². The Bertz CT molecular complexity index is 1100. The van der Waals surface area contributed by atoms with Gasteiger partial charge in [0.15, 0.2) is 0 Å². The lowest BCUT2D eigenvalue weighted by Crippen LogP contribution is -2.30. The van der Waals surface area contributed by atoms with Crippen LogP contribution in [0, 0.1) is 6.92 Å². The topological polar surface area (TPSA) is 66.9 Å². The van der Waals surface area contributed by atoms with Crippen LogP contribution in [0.25, 0.3) is 0 Å². The average Bonchev–Trinajstić information content (AvgIpc) is 2.78. The van der Waals surface area contributed by atoms with E-state index in [4.69, 9.17) is 4.84 Å². The molecule has 3 rings (SSSR count). The third-order valence-corrected chi connectivity index (χ3v) is 6.46. The van der Waals surface area contributed by atoms with Gasteiger partial charge in [0.2, 0.25) is 0 Å². The number of aryl methyl sites for hydroxylation is 1. The van der Waals surface area contributed by atoms with E-state index in [2.05, 4.69) is 0 Å². The monoisotopic (exact) mass is 424 g/mol. The Kier molecular flexibility index (Phi) is 6.66. The Hall–Kier alpha value is -3.00. The highest BCUT2D eigenvalue weighted by molar-refractivity contribution is 7.89. The van der Waals surface area contributed by atoms with E-state index in [1.807, 2.05) is 61.5 Å². The Labute approximate surface area is 177 Å². The standard InChI is InChI=1S/C23H24N2O4S/c1-18-9-13-21(14-10-18)25(17-19-7-5-4-6-8-19)23(26)20-11-15-22(16-12-20)30(27,28)24(2)29-3/h4-16H,17H2,1-3H3. The van der Waals surface area contributed by atoms with E-state index in [-0.39, 0.29) is 10.8 Å². The zero-order chi connectivity index (χ0) is 21.7. The number of hydroxylamine groups is 1. The summed E-state index contributed by atoms with van der Waals surface area (Å²) in [6, 6.07) is 23.3. The molecule has 0 spiro atoms. The summed E-state index contributed by atoms with van der Waals surface area (Å²) in [6.45, 7) is 2.39. The molecule has 7 heteroatoms.